The van der Waals surface area contributed by atoms with Gasteiger partial charge in [0.2, 0.25) is 0 Å². The first-order valence-corrected chi connectivity index (χ1v) is 11.3. The zero-order valence-electron chi connectivity index (χ0n) is 17.9. The van der Waals surface area contributed by atoms with Crippen LogP contribution in [-0.4, -0.2) is 20.1 Å². The summed E-state index contributed by atoms with van der Waals surface area (Å²) in [7, 11) is 0. The van der Waals surface area contributed by atoms with Crippen LogP contribution in [0, 0.1) is 0 Å². The summed E-state index contributed by atoms with van der Waals surface area (Å²) < 4.78 is 2.33. The molecule has 7 rings (SSSR count). The molecule has 3 aromatic carbocycles. The maximum absolute atomic E-state index is 5.08. The molecule has 0 radical (unpaired) electrons. The Bertz CT molecular complexity index is 1710. The third-order valence-corrected chi connectivity index (χ3v) is 6.52. The van der Waals surface area contributed by atoms with Crippen LogP contribution in [0.1, 0.15) is 17.7 Å². The number of fused-ring (bicyclic) bond motifs is 6. The summed E-state index contributed by atoms with van der Waals surface area (Å²) in [5.41, 5.74) is 10.9. The van der Waals surface area contributed by atoms with Crippen molar-refractivity contribution >= 4 is 38.9 Å². The highest BCUT2D eigenvalue weighted by molar-refractivity contribution is 6.04. The molecule has 0 atom stereocenters. The summed E-state index contributed by atoms with van der Waals surface area (Å²) in [6.07, 6.45) is 3.68. The molecule has 6 aromatic rings. The van der Waals surface area contributed by atoms with E-state index < -0.39 is 0 Å². The van der Waals surface area contributed by atoms with Gasteiger partial charge in [-0.05, 0) is 54.8 Å². The van der Waals surface area contributed by atoms with E-state index >= 15 is 0 Å². The lowest BCUT2D eigenvalue weighted by molar-refractivity contribution is 0.945. The number of aromatic nitrogens is 3. The zero-order chi connectivity index (χ0) is 21.8. The fourth-order valence-electron chi connectivity index (χ4n) is 4.92. The van der Waals surface area contributed by atoms with Gasteiger partial charge in [0.15, 0.2) is 0 Å². The molecule has 1 aliphatic heterocycles. The quantitative estimate of drug-likeness (QED) is 0.308. The van der Waals surface area contributed by atoms with Crippen LogP contribution < -0.4 is 0 Å². The molecule has 0 bridgehead atoms. The van der Waals surface area contributed by atoms with E-state index in [4.69, 9.17) is 9.98 Å². The van der Waals surface area contributed by atoms with Crippen molar-refractivity contribution in [1.82, 2.24) is 14.4 Å². The zero-order valence-corrected chi connectivity index (χ0v) is 17.9. The topological polar surface area (TPSA) is 42.5 Å². The van der Waals surface area contributed by atoms with Crippen LogP contribution in [0.3, 0.4) is 0 Å². The number of hydrogen-bond donors (Lipinski definition) is 0. The van der Waals surface area contributed by atoms with Gasteiger partial charge in [0.05, 0.1) is 39.1 Å². The van der Waals surface area contributed by atoms with Gasteiger partial charge in [0, 0.05) is 22.9 Å². The average Bonchev–Trinajstić information content (AvgIpc) is 3.28. The van der Waals surface area contributed by atoms with Gasteiger partial charge in [0.1, 0.15) is 0 Å². The van der Waals surface area contributed by atoms with E-state index in [1.165, 1.54) is 10.9 Å². The molecular weight excluding hydrogens is 404 g/mol. The van der Waals surface area contributed by atoms with E-state index in [2.05, 4.69) is 82.2 Å². The second-order valence-corrected chi connectivity index (χ2v) is 8.48. The average molecular weight is 425 g/mol. The minimum Gasteiger partial charge on any atom is -0.306 e. The van der Waals surface area contributed by atoms with E-state index in [0.717, 1.165) is 63.3 Å². The molecular formula is C29H20N4. The van der Waals surface area contributed by atoms with Crippen LogP contribution in [0.5, 0.6) is 0 Å². The molecule has 4 nitrogen and oxygen atoms in total. The molecule has 0 N–H and O–H groups in total. The highest BCUT2D eigenvalue weighted by atomic mass is 14.9. The number of aryl methyl sites for hydroxylation is 1. The van der Waals surface area contributed by atoms with Gasteiger partial charge in [-0.25, -0.2) is 4.98 Å². The summed E-state index contributed by atoms with van der Waals surface area (Å²) in [6, 6.07) is 31.8. The molecule has 4 heterocycles. The monoisotopic (exact) mass is 424 g/mol. The fourth-order valence-corrected chi connectivity index (χ4v) is 4.92. The van der Waals surface area contributed by atoms with Crippen molar-refractivity contribution in [2.75, 3.05) is 0 Å². The summed E-state index contributed by atoms with van der Waals surface area (Å²) >= 11 is 0. The molecule has 0 amide bonds. The number of hydrogen-bond acceptors (Lipinski definition) is 3. The lowest BCUT2D eigenvalue weighted by atomic mass is 9.98. The maximum Gasteiger partial charge on any atom is 0.0950 e. The van der Waals surface area contributed by atoms with Crippen LogP contribution in [-0.2, 0) is 6.42 Å². The highest BCUT2D eigenvalue weighted by Crippen LogP contribution is 2.33. The molecule has 33 heavy (non-hydrogen) atoms. The van der Waals surface area contributed by atoms with Crippen molar-refractivity contribution in [3.05, 3.63) is 108 Å². The van der Waals surface area contributed by atoms with Crippen molar-refractivity contribution in [3.63, 3.8) is 0 Å². The van der Waals surface area contributed by atoms with E-state index in [9.17, 15) is 0 Å². The molecule has 0 spiro atoms. The molecule has 1 aliphatic rings. The minimum absolute atomic E-state index is 0.909. The second-order valence-electron chi connectivity index (χ2n) is 8.48. The Kier molecular flexibility index (Phi) is 3.94. The number of aliphatic imine (C=N–C) groups is 1. The van der Waals surface area contributed by atoms with Crippen LogP contribution in [0.25, 0.3) is 38.7 Å². The van der Waals surface area contributed by atoms with Gasteiger partial charge in [-0.3, -0.25) is 9.98 Å². The largest absolute Gasteiger partial charge is 0.306 e. The van der Waals surface area contributed by atoms with Crippen LogP contribution in [0.2, 0.25) is 0 Å². The van der Waals surface area contributed by atoms with Crippen molar-refractivity contribution in [3.8, 4) is 11.3 Å². The number of pyridine rings is 1. The Morgan fingerprint density at radius 2 is 1.45 bits per heavy atom. The standard InChI is InChI=1S/C29H20N4/c1-3-9-26-21(6-1)18-28-29(32-25-7-2-4-10-27(25)33(26)28)20-13-11-19(12-14-20)22-15-16-23-24(31-22)8-5-17-30-23/h1-14,17-18H,15-16H2. The lowest BCUT2D eigenvalue weighted by Crippen LogP contribution is -2.08. The van der Waals surface area contributed by atoms with Crippen LogP contribution >= 0.6 is 0 Å². The van der Waals surface area contributed by atoms with Gasteiger partial charge in [-0.1, -0.05) is 54.6 Å². The molecule has 0 fully saturated rings. The summed E-state index contributed by atoms with van der Waals surface area (Å²) in [4.78, 5) is 14.4. The van der Waals surface area contributed by atoms with E-state index in [0.29, 0.717) is 0 Å². The van der Waals surface area contributed by atoms with E-state index in [-0.39, 0.29) is 0 Å². The fraction of sp³-hybridized carbons (Fsp3) is 0.0690. The van der Waals surface area contributed by atoms with E-state index in [1.54, 1.807) is 0 Å². The molecule has 0 aliphatic carbocycles. The van der Waals surface area contributed by atoms with Crippen molar-refractivity contribution in [1.29, 1.82) is 0 Å². The van der Waals surface area contributed by atoms with Gasteiger partial charge in [-0.15, -0.1) is 0 Å². The molecule has 0 saturated carbocycles. The van der Waals surface area contributed by atoms with Gasteiger partial charge in [-0.2, -0.15) is 0 Å². The Morgan fingerprint density at radius 3 is 2.36 bits per heavy atom. The molecule has 3 aromatic heterocycles. The van der Waals surface area contributed by atoms with Crippen molar-refractivity contribution in [2.24, 2.45) is 4.99 Å². The number of nitrogens with zero attached hydrogens (tertiary/aromatic N) is 4. The van der Waals surface area contributed by atoms with Gasteiger partial charge >= 0.3 is 0 Å². The minimum atomic E-state index is 0.909. The first-order valence-electron chi connectivity index (χ1n) is 11.3. The molecule has 0 unspecified atom stereocenters. The maximum atomic E-state index is 5.08. The smallest absolute Gasteiger partial charge is 0.0950 e. The Hall–Kier alpha value is -4.31. The predicted molar refractivity (Wildman–Crippen MR) is 134 cm³/mol. The normalized spacial score (nSPS) is 13.4. The summed E-state index contributed by atoms with van der Waals surface area (Å²) in [5, 5.41) is 1.22. The Balaban J connectivity index is 1.39. The lowest BCUT2D eigenvalue weighted by Gasteiger charge is -2.15. The first-order chi connectivity index (χ1) is 16.3. The first kappa shape index (κ1) is 18.3. The Labute approximate surface area is 190 Å². The number of para-hydroxylation sites is 3. The third-order valence-electron chi connectivity index (χ3n) is 6.52. The molecule has 4 heteroatoms. The van der Waals surface area contributed by atoms with Gasteiger partial charge in [0.25, 0.3) is 0 Å². The van der Waals surface area contributed by atoms with Crippen molar-refractivity contribution < 1.29 is 0 Å². The number of rotatable bonds is 2. The number of benzene rings is 3. The van der Waals surface area contributed by atoms with Gasteiger partial charge < -0.3 is 4.40 Å². The third kappa shape index (κ3) is 2.88. The van der Waals surface area contributed by atoms with Crippen LogP contribution in [0.15, 0.2) is 102 Å². The second kappa shape index (κ2) is 7.10. The molecule has 0 saturated heterocycles. The SMILES string of the molecule is c1cnc2c(c1)N=C(c1ccc(-c3nc4ccccc4n4c3cc3ccccc34)cc1)CC2. The van der Waals surface area contributed by atoms with Crippen molar-refractivity contribution in [2.45, 2.75) is 12.8 Å². The molecule has 156 valence electrons. The summed E-state index contributed by atoms with van der Waals surface area (Å²) in [5.74, 6) is 0. The highest BCUT2D eigenvalue weighted by Gasteiger charge is 2.16. The summed E-state index contributed by atoms with van der Waals surface area (Å²) in [6.45, 7) is 0. The predicted octanol–water partition coefficient (Wildman–Crippen LogP) is 6.77. The van der Waals surface area contributed by atoms with E-state index in [1.807, 2.05) is 24.4 Å². The Morgan fingerprint density at radius 1 is 0.667 bits per heavy atom. The van der Waals surface area contributed by atoms with Crippen LogP contribution in [0.4, 0.5) is 5.69 Å².